The molecule has 5 nitrogen and oxygen atoms in total. The van der Waals surface area contributed by atoms with Crippen molar-refractivity contribution in [1.82, 2.24) is 4.90 Å². The van der Waals surface area contributed by atoms with Crippen molar-refractivity contribution in [1.29, 1.82) is 0 Å². The first kappa shape index (κ1) is 18.1. The van der Waals surface area contributed by atoms with Crippen LogP contribution in [-0.2, 0) is 13.0 Å². The number of nitrogens with zero attached hydrogens (tertiary/aromatic N) is 1. The van der Waals surface area contributed by atoms with Gasteiger partial charge in [-0.15, -0.1) is 0 Å². The van der Waals surface area contributed by atoms with Gasteiger partial charge < -0.3 is 10.2 Å². The van der Waals surface area contributed by atoms with E-state index in [1.165, 1.54) is 0 Å². The maximum atomic E-state index is 11.3. The Morgan fingerprint density at radius 1 is 0.962 bits per heavy atom. The molecule has 2 aromatic carbocycles. The van der Waals surface area contributed by atoms with Crippen LogP contribution in [0.4, 0.5) is 0 Å². The summed E-state index contributed by atoms with van der Waals surface area (Å²) in [6, 6.07) is 14.3. The van der Waals surface area contributed by atoms with Crippen LogP contribution in [0, 0.1) is 5.92 Å². The minimum absolute atomic E-state index is 0.338. The summed E-state index contributed by atoms with van der Waals surface area (Å²) < 4.78 is 0. The van der Waals surface area contributed by atoms with E-state index in [-0.39, 0.29) is 0 Å². The van der Waals surface area contributed by atoms with E-state index >= 15 is 0 Å². The zero-order chi connectivity index (χ0) is 18.5. The van der Waals surface area contributed by atoms with Gasteiger partial charge in [-0.3, -0.25) is 4.90 Å². The van der Waals surface area contributed by atoms with Gasteiger partial charge in [0.25, 0.3) is 0 Å². The highest BCUT2D eigenvalue weighted by Gasteiger charge is 2.21. The summed E-state index contributed by atoms with van der Waals surface area (Å²) in [5, 5.41) is 18.4. The third-order valence-electron chi connectivity index (χ3n) is 5.05. The average molecular weight is 353 g/mol. The van der Waals surface area contributed by atoms with Crippen molar-refractivity contribution < 1.29 is 19.8 Å². The van der Waals surface area contributed by atoms with Gasteiger partial charge in [0.05, 0.1) is 11.1 Å². The van der Waals surface area contributed by atoms with Crippen molar-refractivity contribution in [2.24, 2.45) is 5.92 Å². The van der Waals surface area contributed by atoms with Crippen LogP contribution in [0.2, 0.25) is 0 Å². The topological polar surface area (TPSA) is 77.8 Å². The molecule has 0 spiro atoms. The van der Waals surface area contributed by atoms with Gasteiger partial charge in [-0.2, -0.15) is 0 Å². The summed E-state index contributed by atoms with van der Waals surface area (Å²) in [4.78, 5) is 24.7. The molecular weight excluding hydrogens is 330 g/mol. The van der Waals surface area contributed by atoms with Crippen LogP contribution in [0.3, 0.4) is 0 Å². The second-order valence-electron chi connectivity index (χ2n) is 6.89. The number of carboxylic acids is 2. The lowest BCUT2D eigenvalue weighted by atomic mass is 9.89. The van der Waals surface area contributed by atoms with Crippen LogP contribution in [-0.4, -0.2) is 40.1 Å². The highest BCUT2D eigenvalue weighted by atomic mass is 16.4. The van der Waals surface area contributed by atoms with Crippen LogP contribution in [0.1, 0.15) is 44.7 Å². The summed E-state index contributed by atoms with van der Waals surface area (Å²) in [6.07, 6.45) is 2.96. The molecule has 1 saturated heterocycles. The second kappa shape index (κ2) is 8.15. The predicted molar refractivity (Wildman–Crippen MR) is 98.5 cm³/mol. The molecule has 3 rings (SSSR count). The molecule has 0 unspecified atom stereocenters. The lowest BCUT2D eigenvalue weighted by Crippen LogP contribution is -2.34. The van der Waals surface area contributed by atoms with E-state index in [4.69, 9.17) is 5.11 Å². The SMILES string of the molecule is O=C(O)c1cccc(CC2CCN(Cc3ccccc3C(=O)O)CC2)c1. The minimum atomic E-state index is -0.890. The normalized spacial score (nSPS) is 15.7. The first-order valence-electron chi connectivity index (χ1n) is 8.88. The molecule has 5 heteroatoms. The Kier molecular flexibility index (Phi) is 5.68. The molecule has 0 saturated carbocycles. The van der Waals surface area contributed by atoms with Crippen molar-refractivity contribution in [2.45, 2.75) is 25.8 Å². The number of carbonyl (C=O) groups is 2. The number of likely N-dealkylation sites (tertiary alicyclic amines) is 1. The maximum absolute atomic E-state index is 11.3. The average Bonchev–Trinajstić information content (AvgIpc) is 2.64. The molecule has 26 heavy (non-hydrogen) atoms. The van der Waals surface area contributed by atoms with Crippen LogP contribution in [0.15, 0.2) is 48.5 Å². The van der Waals surface area contributed by atoms with Gasteiger partial charge in [-0.1, -0.05) is 30.3 Å². The molecule has 0 atom stereocenters. The lowest BCUT2D eigenvalue weighted by Gasteiger charge is -2.32. The highest BCUT2D eigenvalue weighted by molar-refractivity contribution is 5.89. The molecule has 136 valence electrons. The quantitative estimate of drug-likeness (QED) is 0.830. The van der Waals surface area contributed by atoms with Crippen LogP contribution in [0.25, 0.3) is 0 Å². The first-order valence-corrected chi connectivity index (χ1v) is 8.88. The molecule has 0 radical (unpaired) electrons. The number of aromatic carboxylic acids is 2. The Hall–Kier alpha value is -2.66. The molecule has 0 amide bonds. The van der Waals surface area contributed by atoms with Gasteiger partial charge in [-0.05, 0) is 67.6 Å². The van der Waals surface area contributed by atoms with Gasteiger partial charge in [0, 0.05) is 6.54 Å². The predicted octanol–water partition coefficient (Wildman–Crippen LogP) is 3.54. The standard InChI is InChI=1S/C21H23NO4/c23-20(24)17-6-3-4-16(13-17)12-15-8-10-22(11-9-15)14-18-5-1-2-7-19(18)21(25)26/h1-7,13,15H,8-12,14H2,(H,23,24)(H,25,26). The zero-order valence-electron chi connectivity index (χ0n) is 14.6. The third-order valence-corrected chi connectivity index (χ3v) is 5.05. The molecule has 1 aliphatic heterocycles. The number of hydrogen-bond acceptors (Lipinski definition) is 3. The number of carboxylic acid groups (broad SMARTS) is 2. The number of piperidine rings is 1. The van der Waals surface area contributed by atoms with Gasteiger partial charge >= 0.3 is 11.9 Å². The molecule has 0 aromatic heterocycles. The van der Waals surface area contributed by atoms with E-state index in [1.807, 2.05) is 18.2 Å². The van der Waals surface area contributed by atoms with Crippen molar-refractivity contribution in [2.75, 3.05) is 13.1 Å². The summed E-state index contributed by atoms with van der Waals surface area (Å²) in [7, 11) is 0. The largest absolute Gasteiger partial charge is 0.478 e. The van der Waals surface area contributed by atoms with Crippen LogP contribution < -0.4 is 0 Å². The van der Waals surface area contributed by atoms with E-state index in [0.29, 0.717) is 23.6 Å². The molecule has 0 bridgehead atoms. The molecule has 0 aliphatic carbocycles. The Balaban J connectivity index is 1.56. The van der Waals surface area contributed by atoms with Gasteiger partial charge in [-0.25, -0.2) is 9.59 Å². The van der Waals surface area contributed by atoms with Crippen molar-refractivity contribution in [3.05, 3.63) is 70.8 Å². The van der Waals surface area contributed by atoms with Crippen LogP contribution >= 0.6 is 0 Å². The van der Waals surface area contributed by atoms with Crippen molar-refractivity contribution in [3.8, 4) is 0 Å². The zero-order valence-corrected chi connectivity index (χ0v) is 14.6. The van der Waals surface area contributed by atoms with Crippen molar-refractivity contribution >= 4 is 11.9 Å². The van der Waals surface area contributed by atoms with E-state index in [9.17, 15) is 14.7 Å². The van der Waals surface area contributed by atoms with E-state index in [1.54, 1.807) is 30.3 Å². The van der Waals surface area contributed by atoms with Gasteiger partial charge in [0.15, 0.2) is 0 Å². The monoisotopic (exact) mass is 353 g/mol. The smallest absolute Gasteiger partial charge is 0.336 e. The molecular formula is C21H23NO4. The molecule has 1 aliphatic rings. The first-order chi connectivity index (χ1) is 12.5. The molecule has 1 heterocycles. The summed E-state index contributed by atoms with van der Waals surface area (Å²) in [5.74, 6) is -1.24. The van der Waals surface area contributed by atoms with E-state index in [2.05, 4.69) is 4.90 Å². The lowest BCUT2D eigenvalue weighted by molar-refractivity contribution is 0.0684. The Labute approximate surface area is 152 Å². The van der Waals surface area contributed by atoms with E-state index < -0.39 is 11.9 Å². The molecule has 2 N–H and O–H groups in total. The fourth-order valence-electron chi connectivity index (χ4n) is 3.62. The summed E-state index contributed by atoms with van der Waals surface area (Å²) >= 11 is 0. The number of benzene rings is 2. The minimum Gasteiger partial charge on any atom is -0.478 e. The van der Waals surface area contributed by atoms with Crippen LogP contribution in [0.5, 0.6) is 0 Å². The second-order valence-corrected chi connectivity index (χ2v) is 6.89. The Morgan fingerprint density at radius 3 is 2.38 bits per heavy atom. The highest BCUT2D eigenvalue weighted by Crippen LogP contribution is 2.24. The van der Waals surface area contributed by atoms with Gasteiger partial charge in [0.2, 0.25) is 0 Å². The Morgan fingerprint density at radius 2 is 1.69 bits per heavy atom. The van der Waals surface area contributed by atoms with E-state index in [0.717, 1.165) is 43.5 Å². The Bertz CT molecular complexity index is 794. The number of hydrogen-bond donors (Lipinski definition) is 2. The van der Waals surface area contributed by atoms with Crippen molar-refractivity contribution in [3.63, 3.8) is 0 Å². The number of rotatable bonds is 6. The fourth-order valence-corrected chi connectivity index (χ4v) is 3.62. The fraction of sp³-hybridized carbons (Fsp3) is 0.333. The summed E-state index contributed by atoms with van der Waals surface area (Å²) in [5.41, 5.74) is 2.64. The third kappa shape index (κ3) is 4.49. The molecule has 2 aromatic rings. The molecule has 1 fully saturated rings. The summed E-state index contributed by atoms with van der Waals surface area (Å²) in [6.45, 7) is 2.51. The van der Waals surface area contributed by atoms with Gasteiger partial charge in [0.1, 0.15) is 0 Å². The maximum Gasteiger partial charge on any atom is 0.336 e.